The van der Waals surface area contributed by atoms with Crippen molar-refractivity contribution in [3.63, 3.8) is 0 Å². The van der Waals surface area contributed by atoms with Gasteiger partial charge in [0, 0.05) is 26.1 Å². The van der Waals surface area contributed by atoms with E-state index in [0.717, 1.165) is 25.2 Å². The Kier molecular flexibility index (Phi) is 5.04. The lowest BCUT2D eigenvalue weighted by Gasteiger charge is -2.28. The zero-order valence-corrected chi connectivity index (χ0v) is 11.1. The molecule has 0 spiro atoms. The summed E-state index contributed by atoms with van der Waals surface area (Å²) >= 11 is 0. The van der Waals surface area contributed by atoms with Crippen LogP contribution in [0.5, 0.6) is 0 Å². The summed E-state index contributed by atoms with van der Waals surface area (Å²) in [5.41, 5.74) is 2.62. The van der Waals surface area contributed by atoms with Gasteiger partial charge in [-0.3, -0.25) is 16.0 Å². The Bertz CT molecular complexity index is 336. The van der Waals surface area contributed by atoms with Crippen LogP contribution in [0.15, 0.2) is 6.33 Å². The van der Waals surface area contributed by atoms with Gasteiger partial charge >= 0.3 is 0 Å². The fraction of sp³-hybridized carbons (Fsp3) is 0.818. The van der Waals surface area contributed by atoms with E-state index in [4.69, 9.17) is 10.6 Å². The van der Waals surface area contributed by atoms with Crippen LogP contribution in [0.1, 0.15) is 33.0 Å². The van der Waals surface area contributed by atoms with Gasteiger partial charge in [0.05, 0.1) is 5.60 Å². The third-order valence-corrected chi connectivity index (χ3v) is 2.95. The SMILES string of the molecule is CCn1ncnc1CC(CC(C)(C)OC)NN. The molecule has 0 saturated heterocycles. The second-order valence-corrected chi connectivity index (χ2v) is 4.73. The van der Waals surface area contributed by atoms with Crippen molar-refractivity contribution in [1.29, 1.82) is 0 Å². The van der Waals surface area contributed by atoms with Gasteiger partial charge in [-0.05, 0) is 27.2 Å². The Morgan fingerprint density at radius 2 is 2.29 bits per heavy atom. The third kappa shape index (κ3) is 4.07. The first-order valence-electron chi connectivity index (χ1n) is 5.90. The lowest BCUT2D eigenvalue weighted by atomic mass is 9.97. The van der Waals surface area contributed by atoms with Crippen molar-refractivity contribution >= 4 is 0 Å². The minimum absolute atomic E-state index is 0.124. The maximum Gasteiger partial charge on any atom is 0.138 e. The lowest BCUT2D eigenvalue weighted by Crippen LogP contribution is -2.43. The minimum atomic E-state index is -0.200. The topological polar surface area (TPSA) is 78.0 Å². The van der Waals surface area contributed by atoms with Crippen LogP contribution in [-0.2, 0) is 17.7 Å². The number of methoxy groups -OCH3 is 1. The van der Waals surface area contributed by atoms with Crippen LogP contribution >= 0.6 is 0 Å². The van der Waals surface area contributed by atoms with Gasteiger partial charge in [-0.2, -0.15) is 5.10 Å². The number of ether oxygens (including phenoxy) is 1. The maximum atomic E-state index is 5.58. The predicted octanol–water partition coefficient (Wildman–Crippen LogP) is 0.488. The smallest absolute Gasteiger partial charge is 0.138 e. The zero-order valence-electron chi connectivity index (χ0n) is 11.1. The molecule has 0 amide bonds. The van der Waals surface area contributed by atoms with Crippen molar-refractivity contribution in [1.82, 2.24) is 20.2 Å². The predicted molar refractivity (Wildman–Crippen MR) is 66.2 cm³/mol. The fourth-order valence-corrected chi connectivity index (χ4v) is 1.80. The van der Waals surface area contributed by atoms with Crippen molar-refractivity contribution in [3.05, 3.63) is 12.2 Å². The summed E-state index contributed by atoms with van der Waals surface area (Å²) in [7, 11) is 1.71. The van der Waals surface area contributed by atoms with Crippen LogP contribution in [0.3, 0.4) is 0 Å². The van der Waals surface area contributed by atoms with Crippen molar-refractivity contribution in [2.24, 2.45) is 5.84 Å². The number of nitrogens with two attached hydrogens (primary N) is 1. The molecular formula is C11H23N5O. The van der Waals surface area contributed by atoms with Crippen LogP contribution in [0.2, 0.25) is 0 Å². The Hall–Kier alpha value is -0.980. The molecule has 0 aliphatic carbocycles. The summed E-state index contributed by atoms with van der Waals surface area (Å²) in [4.78, 5) is 4.25. The number of aromatic nitrogens is 3. The Labute approximate surface area is 103 Å². The lowest BCUT2D eigenvalue weighted by molar-refractivity contribution is 0.00688. The van der Waals surface area contributed by atoms with Gasteiger partial charge in [0.15, 0.2) is 0 Å². The molecule has 3 N–H and O–H groups in total. The molecule has 1 aromatic heterocycles. The van der Waals surface area contributed by atoms with E-state index < -0.39 is 0 Å². The number of nitrogens with zero attached hydrogens (tertiary/aromatic N) is 3. The molecular weight excluding hydrogens is 218 g/mol. The highest BCUT2D eigenvalue weighted by Crippen LogP contribution is 2.17. The second kappa shape index (κ2) is 6.09. The number of rotatable bonds is 7. The van der Waals surface area contributed by atoms with E-state index in [9.17, 15) is 0 Å². The molecule has 0 aromatic carbocycles. The first-order chi connectivity index (χ1) is 8.02. The fourth-order valence-electron chi connectivity index (χ4n) is 1.80. The normalized spacial score (nSPS) is 13.9. The number of nitrogens with one attached hydrogen (secondary N) is 1. The summed E-state index contributed by atoms with van der Waals surface area (Å²) in [5.74, 6) is 6.53. The highest BCUT2D eigenvalue weighted by atomic mass is 16.5. The van der Waals surface area contributed by atoms with Crippen molar-refractivity contribution < 1.29 is 4.74 Å². The number of hydrogen-bond acceptors (Lipinski definition) is 5. The van der Waals surface area contributed by atoms with Gasteiger partial charge in [-0.15, -0.1) is 0 Å². The van der Waals surface area contributed by atoms with E-state index >= 15 is 0 Å². The van der Waals surface area contributed by atoms with Crippen LogP contribution in [0.25, 0.3) is 0 Å². The largest absolute Gasteiger partial charge is 0.379 e. The quantitative estimate of drug-likeness (QED) is 0.536. The van der Waals surface area contributed by atoms with E-state index in [2.05, 4.69) is 15.5 Å². The monoisotopic (exact) mass is 241 g/mol. The van der Waals surface area contributed by atoms with Crippen LogP contribution in [-0.4, -0.2) is 33.5 Å². The van der Waals surface area contributed by atoms with E-state index in [1.54, 1.807) is 13.4 Å². The summed E-state index contributed by atoms with van der Waals surface area (Å²) in [5, 5.41) is 4.14. The number of aryl methyl sites for hydroxylation is 1. The molecule has 0 radical (unpaired) electrons. The first kappa shape index (κ1) is 14.1. The molecule has 1 rings (SSSR count). The summed E-state index contributed by atoms with van der Waals surface area (Å²) < 4.78 is 7.29. The zero-order chi connectivity index (χ0) is 12.9. The van der Waals surface area contributed by atoms with Crippen molar-refractivity contribution in [3.8, 4) is 0 Å². The summed E-state index contributed by atoms with van der Waals surface area (Å²) in [6.45, 7) is 6.95. The third-order valence-electron chi connectivity index (χ3n) is 2.95. The molecule has 98 valence electrons. The molecule has 0 fully saturated rings. The molecule has 6 heteroatoms. The van der Waals surface area contributed by atoms with Gasteiger partial charge in [-0.25, -0.2) is 4.98 Å². The molecule has 0 aliphatic rings. The summed E-state index contributed by atoms with van der Waals surface area (Å²) in [6, 6.07) is 0.124. The maximum absolute atomic E-state index is 5.58. The van der Waals surface area contributed by atoms with E-state index in [1.807, 2.05) is 25.5 Å². The van der Waals surface area contributed by atoms with E-state index in [0.29, 0.717) is 0 Å². The molecule has 0 bridgehead atoms. The highest BCUT2D eigenvalue weighted by molar-refractivity contribution is 4.91. The van der Waals surface area contributed by atoms with Gasteiger partial charge in [-0.1, -0.05) is 0 Å². The number of hydrazine groups is 1. The Morgan fingerprint density at radius 3 is 2.82 bits per heavy atom. The molecule has 6 nitrogen and oxygen atoms in total. The molecule has 0 aliphatic heterocycles. The van der Waals surface area contributed by atoms with Crippen LogP contribution in [0.4, 0.5) is 0 Å². The molecule has 1 aromatic rings. The Balaban J connectivity index is 2.64. The molecule has 0 saturated carbocycles. The second-order valence-electron chi connectivity index (χ2n) is 4.73. The van der Waals surface area contributed by atoms with Gasteiger partial charge < -0.3 is 4.74 Å². The first-order valence-corrected chi connectivity index (χ1v) is 5.90. The van der Waals surface area contributed by atoms with Crippen molar-refractivity contribution in [2.75, 3.05) is 7.11 Å². The minimum Gasteiger partial charge on any atom is -0.379 e. The standard InChI is InChI=1S/C11H23N5O/c1-5-16-10(13-8-14-16)6-9(15-12)7-11(2,3)17-4/h8-9,15H,5-7,12H2,1-4H3. The average Bonchev–Trinajstić information content (AvgIpc) is 2.75. The van der Waals surface area contributed by atoms with Gasteiger partial charge in [0.2, 0.25) is 0 Å². The molecule has 1 atom stereocenters. The molecule has 17 heavy (non-hydrogen) atoms. The highest BCUT2D eigenvalue weighted by Gasteiger charge is 2.23. The van der Waals surface area contributed by atoms with Gasteiger partial charge in [0.25, 0.3) is 0 Å². The van der Waals surface area contributed by atoms with Crippen molar-refractivity contribution in [2.45, 2.75) is 51.8 Å². The number of hydrogen-bond donors (Lipinski definition) is 2. The van der Waals surface area contributed by atoms with Crippen LogP contribution < -0.4 is 11.3 Å². The molecule has 1 unspecified atom stereocenters. The molecule has 1 heterocycles. The average molecular weight is 241 g/mol. The summed E-state index contributed by atoms with van der Waals surface area (Å²) in [6.07, 6.45) is 3.14. The van der Waals surface area contributed by atoms with Crippen LogP contribution in [0, 0.1) is 0 Å². The van der Waals surface area contributed by atoms with Gasteiger partial charge in [0.1, 0.15) is 12.2 Å². The Morgan fingerprint density at radius 1 is 1.59 bits per heavy atom. The van der Waals surface area contributed by atoms with E-state index in [-0.39, 0.29) is 11.6 Å². The van der Waals surface area contributed by atoms with E-state index in [1.165, 1.54) is 0 Å².